The number of methoxy groups -OCH3 is 1. The van der Waals surface area contributed by atoms with E-state index in [-0.39, 0.29) is 11.3 Å². The molecule has 33 heavy (non-hydrogen) atoms. The summed E-state index contributed by atoms with van der Waals surface area (Å²) < 4.78 is 31.8. The Bertz CT molecular complexity index is 1130. The summed E-state index contributed by atoms with van der Waals surface area (Å²) in [4.78, 5) is 12.5. The maximum absolute atomic E-state index is 14.1. The molecule has 3 rings (SSSR count). The van der Waals surface area contributed by atoms with E-state index in [1.54, 1.807) is 47.9 Å². The molecule has 0 aliphatic rings. The van der Waals surface area contributed by atoms with Crippen LogP contribution in [0.15, 0.2) is 89.8 Å². The van der Waals surface area contributed by atoms with Gasteiger partial charge in [0.25, 0.3) is 0 Å². The fourth-order valence-corrected chi connectivity index (χ4v) is 6.25. The molecule has 0 heterocycles. The van der Waals surface area contributed by atoms with E-state index in [4.69, 9.17) is 4.74 Å². The second-order valence-electron chi connectivity index (χ2n) is 7.94. The SMILES string of the molecule is COc1ccc(S(=O)(=O)C(CCCCc2ccccc2)(CC(=O)NO)c2ccccc2)cc1. The molecule has 1 unspecified atom stereocenters. The van der Waals surface area contributed by atoms with Crippen molar-refractivity contribution in [3.63, 3.8) is 0 Å². The van der Waals surface area contributed by atoms with Crippen LogP contribution in [0.5, 0.6) is 5.75 Å². The Morgan fingerprint density at radius 2 is 1.52 bits per heavy atom. The number of carbonyl (C=O) groups is 1. The van der Waals surface area contributed by atoms with Gasteiger partial charge in [-0.25, -0.2) is 13.9 Å². The van der Waals surface area contributed by atoms with Crippen molar-refractivity contribution in [1.29, 1.82) is 0 Å². The number of benzene rings is 3. The maximum atomic E-state index is 14.1. The number of nitrogens with one attached hydrogen (secondary N) is 1. The van der Waals surface area contributed by atoms with Gasteiger partial charge in [-0.3, -0.25) is 10.0 Å². The van der Waals surface area contributed by atoms with E-state index in [0.717, 1.165) is 12.8 Å². The first-order chi connectivity index (χ1) is 15.9. The molecule has 0 aliphatic carbocycles. The molecular formula is C26H29NO5S. The van der Waals surface area contributed by atoms with Crippen LogP contribution in [0.1, 0.15) is 36.8 Å². The highest BCUT2D eigenvalue weighted by molar-refractivity contribution is 7.92. The van der Waals surface area contributed by atoms with Gasteiger partial charge in [-0.05, 0) is 54.7 Å². The number of hydrogen-bond acceptors (Lipinski definition) is 5. The highest BCUT2D eigenvalue weighted by Crippen LogP contribution is 2.43. The van der Waals surface area contributed by atoms with Gasteiger partial charge < -0.3 is 4.74 Å². The van der Waals surface area contributed by atoms with Crippen LogP contribution in [0.2, 0.25) is 0 Å². The summed E-state index contributed by atoms with van der Waals surface area (Å²) >= 11 is 0. The molecule has 0 aromatic heterocycles. The molecular weight excluding hydrogens is 438 g/mol. The minimum absolute atomic E-state index is 0.0981. The third kappa shape index (κ3) is 5.61. The van der Waals surface area contributed by atoms with Crippen molar-refractivity contribution in [2.24, 2.45) is 0 Å². The number of aryl methyl sites for hydroxylation is 1. The molecule has 6 nitrogen and oxygen atoms in total. The van der Waals surface area contributed by atoms with E-state index in [2.05, 4.69) is 0 Å². The summed E-state index contributed by atoms with van der Waals surface area (Å²) in [6.07, 6.45) is 1.98. The van der Waals surface area contributed by atoms with Gasteiger partial charge >= 0.3 is 0 Å². The smallest absolute Gasteiger partial charge is 0.245 e. The number of rotatable bonds is 11. The van der Waals surface area contributed by atoms with Gasteiger partial charge in [0.1, 0.15) is 10.5 Å². The van der Waals surface area contributed by atoms with E-state index in [9.17, 15) is 18.4 Å². The largest absolute Gasteiger partial charge is 0.497 e. The molecule has 0 aliphatic heterocycles. The molecule has 3 aromatic carbocycles. The first-order valence-corrected chi connectivity index (χ1v) is 12.3. The van der Waals surface area contributed by atoms with Crippen molar-refractivity contribution in [1.82, 2.24) is 5.48 Å². The summed E-state index contributed by atoms with van der Waals surface area (Å²) in [5, 5.41) is 9.26. The zero-order chi connectivity index (χ0) is 23.7. The summed E-state index contributed by atoms with van der Waals surface area (Å²) in [6.45, 7) is 0. The normalized spacial score (nSPS) is 13.2. The van der Waals surface area contributed by atoms with Crippen molar-refractivity contribution in [3.05, 3.63) is 96.1 Å². The zero-order valence-corrected chi connectivity index (χ0v) is 19.4. The van der Waals surface area contributed by atoms with Crippen LogP contribution in [0.25, 0.3) is 0 Å². The van der Waals surface area contributed by atoms with Gasteiger partial charge in [-0.2, -0.15) is 0 Å². The molecule has 0 spiro atoms. The summed E-state index contributed by atoms with van der Waals surface area (Å²) in [5.74, 6) is -0.214. The van der Waals surface area contributed by atoms with Gasteiger partial charge in [-0.15, -0.1) is 0 Å². The molecule has 2 N–H and O–H groups in total. The number of unbranched alkanes of at least 4 members (excludes halogenated alkanes) is 1. The molecule has 174 valence electrons. The van der Waals surface area contributed by atoms with Crippen LogP contribution < -0.4 is 10.2 Å². The Kier molecular flexibility index (Phi) is 8.25. The van der Waals surface area contributed by atoms with Crippen LogP contribution in [0.3, 0.4) is 0 Å². The van der Waals surface area contributed by atoms with E-state index in [0.29, 0.717) is 17.7 Å². The fourth-order valence-electron chi connectivity index (χ4n) is 4.12. The Balaban J connectivity index is 2.01. The fraction of sp³-hybridized carbons (Fsp3) is 0.269. The average Bonchev–Trinajstić information content (AvgIpc) is 2.86. The van der Waals surface area contributed by atoms with E-state index < -0.39 is 26.9 Å². The molecule has 3 aromatic rings. The molecule has 1 atom stereocenters. The van der Waals surface area contributed by atoms with Crippen LogP contribution in [0, 0.1) is 0 Å². The lowest BCUT2D eigenvalue weighted by molar-refractivity contribution is -0.130. The average molecular weight is 468 g/mol. The molecule has 0 radical (unpaired) electrons. The number of ether oxygens (including phenoxy) is 1. The number of hydrogen-bond donors (Lipinski definition) is 2. The lowest BCUT2D eigenvalue weighted by Gasteiger charge is -2.33. The lowest BCUT2D eigenvalue weighted by Crippen LogP contribution is -2.41. The second-order valence-corrected chi connectivity index (χ2v) is 10.2. The maximum Gasteiger partial charge on any atom is 0.245 e. The van der Waals surface area contributed by atoms with Gasteiger partial charge in [0.15, 0.2) is 9.84 Å². The third-order valence-electron chi connectivity index (χ3n) is 5.89. The number of sulfone groups is 1. The Morgan fingerprint density at radius 3 is 2.09 bits per heavy atom. The van der Waals surface area contributed by atoms with E-state index in [1.165, 1.54) is 24.8 Å². The Labute approximate surface area is 195 Å². The van der Waals surface area contributed by atoms with Crippen molar-refractivity contribution in [3.8, 4) is 5.75 Å². The van der Waals surface area contributed by atoms with Crippen LogP contribution in [-0.4, -0.2) is 26.6 Å². The van der Waals surface area contributed by atoms with Crippen LogP contribution >= 0.6 is 0 Å². The van der Waals surface area contributed by atoms with Gasteiger partial charge in [-0.1, -0.05) is 67.1 Å². The van der Waals surface area contributed by atoms with Crippen molar-refractivity contribution in [2.45, 2.75) is 41.7 Å². The molecule has 7 heteroatoms. The first-order valence-electron chi connectivity index (χ1n) is 10.8. The Morgan fingerprint density at radius 1 is 0.909 bits per heavy atom. The standard InChI is InChI=1S/C26H29NO5S/c1-32-23-15-17-24(18-16-23)33(30,31)26(20-25(28)27-29,22-13-6-3-7-14-22)19-9-8-12-21-10-4-2-5-11-21/h2-7,10-11,13-18,29H,8-9,12,19-20H2,1H3,(H,27,28). The summed E-state index contributed by atoms with van der Waals surface area (Å²) in [6, 6.07) is 24.9. The van der Waals surface area contributed by atoms with E-state index in [1.807, 2.05) is 30.3 Å². The zero-order valence-electron chi connectivity index (χ0n) is 18.6. The van der Waals surface area contributed by atoms with Crippen LogP contribution in [0.4, 0.5) is 0 Å². The second kappa shape index (κ2) is 11.1. The van der Waals surface area contributed by atoms with Gasteiger partial charge in [0.05, 0.1) is 18.4 Å². The lowest BCUT2D eigenvalue weighted by atomic mass is 9.88. The molecule has 0 saturated heterocycles. The third-order valence-corrected chi connectivity index (χ3v) is 8.40. The van der Waals surface area contributed by atoms with Crippen molar-refractivity contribution < 1.29 is 23.2 Å². The number of hydroxylamine groups is 1. The summed E-state index contributed by atoms with van der Waals surface area (Å²) in [7, 11) is -2.51. The first kappa shape index (κ1) is 24.5. The molecule has 0 bridgehead atoms. The van der Waals surface area contributed by atoms with Crippen LogP contribution in [-0.2, 0) is 25.8 Å². The monoisotopic (exact) mass is 467 g/mol. The number of amides is 1. The minimum atomic E-state index is -4.02. The predicted molar refractivity (Wildman–Crippen MR) is 127 cm³/mol. The topological polar surface area (TPSA) is 92.7 Å². The quantitative estimate of drug-likeness (QED) is 0.243. The molecule has 0 saturated carbocycles. The van der Waals surface area contributed by atoms with Crippen molar-refractivity contribution in [2.75, 3.05) is 7.11 Å². The van der Waals surface area contributed by atoms with Gasteiger partial charge in [0, 0.05) is 0 Å². The highest BCUT2D eigenvalue weighted by Gasteiger charge is 2.47. The minimum Gasteiger partial charge on any atom is -0.497 e. The molecule has 1 amide bonds. The van der Waals surface area contributed by atoms with Gasteiger partial charge in [0.2, 0.25) is 5.91 Å². The Hall–Kier alpha value is -3.16. The van der Waals surface area contributed by atoms with E-state index >= 15 is 0 Å². The summed E-state index contributed by atoms with van der Waals surface area (Å²) in [5.41, 5.74) is 3.32. The predicted octanol–water partition coefficient (Wildman–Crippen LogP) is 4.67. The number of carbonyl (C=O) groups excluding carboxylic acids is 1. The highest BCUT2D eigenvalue weighted by atomic mass is 32.2. The van der Waals surface area contributed by atoms with Crippen molar-refractivity contribution >= 4 is 15.7 Å². The molecule has 0 fully saturated rings.